The maximum atomic E-state index is 5.37. The molecular formula is C5H11Cl2N. The topological polar surface area (TPSA) is 3.01 Å². The van der Waals surface area contributed by atoms with Crippen LogP contribution in [0.2, 0.25) is 0 Å². The molecule has 0 heterocycles. The van der Waals surface area contributed by atoms with Gasteiger partial charge in [0.15, 0.2) is 0 Å². The van der Waals surface area contributed by atoms with Gasteiger partial charge in [0.2, 0.25) is 5.67 Å². The van der Waals surface area contributed by atoms with Crippen molar-refractivity contribution in [3.8, 4) is 0 Å². The third-order valence-corrected chi connectivity index (χ3v) is 1.23. The van der Waals surface area contributed by atoms with Crippen molar-refractivity contribution < 1.29 is 17.0 Å². The first-order valence-electron chi connectivity index (χ1n) is 2.52. The molecule has 0 aromatic heterocycles. The minimum absolute atomic E-state index is 0. The SMILES string of the molecule is CC[N+](=CCl)CC.[Cl-]. The summed E-state index contributed by atoms with van der Waals surface area (Å²) < 4.78 is 2.02. The quantitative estimate of drug-likeness (QED) is 0.331. The van der Waals surface area contributed by atoms with E-state index in [0.717, 1.165) is 13.1 Å². The van der Waals surface area contributed by atoms with Crippen LogP contribution >= 0.6 is 11.6 Å². The molecular weight excluding hydrogens is 145 g/mol. The normalized spacial score (nSPS) is 7.38. The van der Waals surface area contributed by atoms with Crippen LogP contribution in [0.3, 0.4) is 0 Å². The molecule has 0 rings (SSSR count). The molecule has 0 aliphatic carbocycles. The minimum atomic E-state index is 0. The molecule has 0 fully saturated rings. The van der Waals surface area contributed by atoms with Crippen molar-refractivity contribution in [3.63, 3.8) is 0 Å². The molecule has 8 heavy (non-hydrogen) atoms. The van der Waals surface area contributed by atoms with Crippen molar-refractivity contribution in [2.45, 2.75) is 13.8 Å². The summed E-state index contributed by atoms with van der Waals surface area (Å²) in [6.45, 7) is 6.14. The Balaban J connectivity index is 0. The Hall–Kier alpha value is 0.250. The number of rotatable bonds is 2. The van der Waals surface area contributed by atoms with E-state index in [4.69, 9.17) is 11.6 Å². The van der Waals surface area contributed by atoms with E-state index in [-0.39, 0.29) is 12.4 Å². The number of nitrogens with zero attached hydrogens (tertiary/aromatic N) is 1. The predicted octanol–water partition coefficient (Wildman–Crippen LogP) is -1.69. The van der Waals surface area contributed by atoms with E-state index in [9.17, 15) is 0 Å². The van der Waals surface area contributed by atoms with Crippen LogP contribution in [-0.4, -0.2) is 23.3 Å². The highest BCUT2D eigenvalue weighted by Crippen LogP contribution is 1.72. The van der Waals surface area contributed by atoms with Crippen LogP contribution in [-0.2, 0) is 0 Å². The molecule has 0 aromatic rings. The first-order chi connectivity index (χ1) is 3.35. The molecule has 0 unspecified atom stereocenters. The van der Waals surface area contributed by atoms with Gasteiger partial charge in [-0.3, -0.25) is 0 Å². The average molecular weight is 156 g/mol. The molecule has 0 bridgehead atoms. The lowest BCUT2D eigenvalue weighted by molar-refractivity contribution is -0.514. The fourth-order valence-electron chi connectivity index (χ4n) is 0.362. The number of hydrogen-bond acceptors (Lipinski definition) is 0. The van der Waals surface area contributed by atoms with Gasteiger partial charge >= 0.3 is 0 Å². The molecule has 0 spiro atoms. The molecule has 1 nitrogen and oxygen atoms in total. The maximum Gasteiger partial charge on any atom is 0.232 e. The Morgan fingerprint density at radius 2 is 1.75 bits per heavy atom. The van der Waals surface area contributed by atoms with Gasteiger partial charge in [-0.1, -0.05) is 0 Å². The van der Waals surface area contributed by atoms with Crippen molar-refractivity contribution in [3.05, 3.63) is 0 Å². The summed E-state index contributed by atoms with van der Waals surface area (Å²) in [7, 11) is 0. The summed E-state index contributed by atoms with van der Waals surface area (Å²) in [6.07, 6.45) is 0. The second-order valence-electron chi connectivity index (χ2n) is 1.32. The third-order valence-electron chi connectivity index (χ3n) is 0.950. The second kappa shape index (κ2) is 7.25. The molecule has 0 radical (unpaired) electrons. The smallest absolute Gasteiger partial charge is 0.232 e. The van der Waals surface area contributed by atoms with E-state index < -0.39 is 0 Å². The van der Waals surface area contributed by atoms with Gasteiger partial charge in [-0.25, -0.2) is 4.58 Å². The van der Waals surface area contributed by atoms with Gasteiger partial charge < -0.3 is 12.4 Å². The van der Waals surface area contributed by atoms with Gasteiger partial charge in [0.1, 0.15) is 13.1 Å². The first kappa shape index (κ1) is 11.1. The Morgan fingerprint density at radius 3 is 1.75 bits per heavy atom. The van der Waals surface area contributed by atoms with E-state index in [1.807, 2.05) is 4.58 Å². The summed E-state index contributed by atoms with van der Waals surface area (Å²) in [6, 6.07) is 0. The predicted molar refractivity (Wildman–Crippen MR) is 33.3 cm³/mol. The number of hydrogen-bond donors (Lipinski definition) is 0. The monoisotopic (exact) mass is 155 g/mol. The summed E-state index contributed by atoms with van der Waals surface area (Å²) in [5.41, 5.74) is 1.58. The molecule has 0 saturated heterocycles. The molecule has 0 N–H and O–H groups in total. The highest BCUT2D eigenvalue weighted by atomic mass is 35.5. The van der Waals surface area contributed by atoms with E-state index in [0.29, 0.717) is 0 Å². The largest absolute Gasteiger partial charge is 1.00 e. The second-order valence-corrected chi connectivity index (χ2v) is 1.51. The lowest BCUT2D eigenvalue weighted by Crippen LogP contribution is -3.00. The fraction of sp³-hybridized carbons (Fsp3) is 0.800. The third kappa shape index (κ3) is 4.41. The van der Waals surface area contributed by atoms with Crippen LogP contribution in [0.4, 0.5) is 0 Å². The molecule has 0 aromatic carbocycles. The Labute approximate surface area is 61.8 Å². The summed E-state index contributed by atoms with van der Waals surface area (Å²) in [4.78, 5) is 0. The zero-order valence-electron chi connectivity index (χ0n) is 5.19. The lowest BCUT2D eigenvalue weighted by Gasteiger charge is -1.88. The van der Waals surface area contributed by atoms with Gasteiger partial charge in [0, 0.05) is 0 Å². The van der Waals surface area contributed by atoms with E-state index in [1.165, 1.54) is 0 Å². The van der Waals surface area contributed by atoms with Crippen molar-refractivity contribution in [1.29, 1.82) is 0 Å². The zero-order valence-corrected chi connectivity index (χ0v) is 6.71. The Bertz CT molecular complexity index is 64.8. The highest BCUT2D eigenvalue weighted by Gasteiger charge is 1.88. The zero-order chi connectivity index (χ0) is 5.70. The lowest BCUT2D eigenvalue weighted by atomic mass is 10.6. The van der Waals surface area contributed by atoms with Gasteiger partial charge in [-0.15, -0.1) is 0 Å². The van der Waals surface area contributed by atoms with Crippen molar-refractivity contribution in [2.75, 3.05) is 13.1 Å². The van der Waals surface area contributed by atoms with Crippen molar-refractivity contribution in [2.24, 2.45) is 0 Å². The van der Waals surface area contributed by atoms with Gasteiger partial charge in [0.25, 0.3) is 0 Å². The standard InChI is InChI=1S/C5H11ClN.ClH/c1-3-7(4-2)5-6;/h5H,3-4H2,1-2H3;1H/q+1;/p-1. The van der Waals surface area contributed by atoms with Crippen LogP contribution in [0, 0.1) is 0 Å². The minimum Gasteiger partial charge on any atom is -1.00 e. The number of halogens is 2. The van der Waals surface area contributed by atoms with Gasteiger partial charge in [0.05, 0.1) is 0 Å². The molecule has 0 aliphatic rings. The van der Waals surface area contributed by atoms with E-state index in [2.05, 4.69) is 13.8 Å². The van der Waals surface area contributed by atoms with Gasteiger partial charge in [-0.05, 0) is 25.4 Å². The van der Waals surface area contributed by atoms with Crippen LogP contribution in [0.25, 0.3) is 0 Å². The van der Waals surface area contributed by atoms with Crippen LogP contribution in [0.15, 0.2) is 0 Å². The van der Waals surface area contributed by atoms with E-state index >= 15 is 0 Å². The summed E-state index contributed by atoms with van der Waals surface area (Å²) in [5, 5.41) is 0. The van der Waals surface area contributed by atoms with Gasteiger partial charge in [-0.2, -0.15) is 0 Å². The van der Waals surface area contributed by atoms with Crippen molar-refractivity contribution in [1.82, 2.24) is 0 Å². The summed E-state index contributed by atoms with van der Waals surface area (Å²) in [5.74, 6) is 0. The molecule has 3 heteroatoms. The van der Waals surface area contributed by atoms with Crippen molar-refractivity contribution >= 4 is 17.3 Å². The first-order valence-corrected chi connectivity index (χ1v) is 2.96. The average Bonchev–Trinajstić information content (AvgIpc) is 1.72. The molecule has 0 aliphatic heterocycles. The maximum absolute atomic E-state index is 5.37. The Morgan fingerprint density at radius 1 is 1.38 bits per heavy atom. The van der Waals surface area contributed by atoms with Crippen LogP contribution in [0.5, 0.6) is 0 Å². The van der Waals surface area contributed by atoms with Crippen LogP contribution in [0.1, 0.15) is 13.8 Å². The molecule has 0 atom stereocenters. The molecule has 0 amide bonds. The fourth-order valence-corrected chi connectivity index (χ4v) is 0.638. The molecule has 0 saturated carbocycles. The Kier molecular flexibility index (Phi) is 10.1. The molecule has 50 valence electrons. The summed E-state index contributed by atoms with van der Waals surface area (Å²) >= 11 is 5.37. The highest BCUT2D eigenvalue weighted by molar-refractivity contribution is 6.54. The van der Waals surface area contributed by atoms with Crippen LogP contribution < -0.4 is 12.4 Å². The van der Waals surface area contributed by atoms with E-state index in [1.54, 1.807) is 5.67 Å².